The maximum atomic E-state index is 11.1. The highest BCUT2D eigenvalue weighted by atomic mass is 35.5. The number of carboxylic acids is 1. The van der Waals surface area contributed by atoms with E-state index in [-0.39, 0.29) is 10.7 Å². The Morgan fingerprint density at radius 2 is 2.15 bits per heavy atom. The third-order valence-corrected chi connectivity index (χ3v) is 4.38. The van der Waals surface area contributed by atoms with Gasteiger partial charge in [0.05, 0.1) is 5.56 Å². The first-order valence-corrected chi connectivity index (χ1v) is 7.41. The lowest BCUT2D eigenvalue weighted by atomic mass is 9.99. The molecule has 0 amide bonds. The van der Waals surface area contributed by atoms with Crippen molar-refractivity contribution < 1.29 is 9.90 Å². The summed E-state index contributed by atoms with van der Waals surface area (Å²) in [6.45, 7) is 3.98. The Labute approximate surface area is 123 Å². The van der Waals surface area contributed by atoms with Gasteiger partial charge in [-0.05, 0) is 31.5 Å². The average Bonchev–Trinajstić information content (AvgIpc) is 2.46. The molecule has 0 spiro atoms. The van der Waals surface area contributed by atoms with Gasteiger partial charge in [-0.3, -0.25) is 4.90 Å². The van der Waals surface area contributed by atoms with Crippen LogP contribution in [0.25, 0.3) is 0 Å². The number of nitrogens with zero attached hydrogens (tertiary/aromatic N) is 3. The SMILES string of the molecule is O=C(O)c1cc(Cl)nc(N2CCN3CCCCC3C2)c1. The first-order chi connectivity index (χ1) is 9.63. The number of piperidine rings is 1. The van der Waals surface area contributed by atoms with Crippen LogP contribution in [0, 0.1) is 0 Å². The minimum absolute atomic E-state index is 0.200. The number of hydrogen-bond acceptors (Lipinski definition) is 4. The minimum atomic E-state index is -0.966. The van der Waals surface area contributed by atoms with Crippen molar-refractivity contribution in [1.29, 1.82) is 0 Å². The van der Waals surface area contributed by atoms with Crippen LogP contribution in [0.15, 0.2) is 12.1 Å². The van der Waals surface area contributed by atoms with E-state index in [0.717, 1.165) is 19.6 Å². The molecule has 5 nitrogen and oxygen atoms in total. The largest absolute Gasteiger partial charge is 0.478 e. The summed E-state index contributed by atoms with van der Waals surface area (Å²) in [6, 6.07) is 3.57. The number of pyridine rings is 1. The molecule has 0 aromatic carbocycles. The van der Waals surface area contributed by atoms with Gasteiger partial charge in [0.2, 0.25) is 0 Å². The molecular weight excluding hydrogens is 278 g/mol. The number of fused-ring (bicyclic) bond motifs is 1. The molecule has 2 fully saturated rings. The molecule has 2 aliphatic rings. The van der Waals surface area contributed by atoms with E-state index in [2.05, 4.69) is 14.8 Å². The number of rotatable bonds is 2. The van der Waals surface area contributed by atoms with Gasteiger partial charge in [0, 0.05) is 25.7 Å². The van der Waals surface area contributed by atoms with Crippen LogP contribution in [0.3, 0.4) is 0 Å². The summed E-state index contributed by atoms with van der Waals surface area (Å²) in [7, 11) is 0. The van der Waals surface area contributed by atoms with E-state index in [0.29, 0.717) is 11.9 Å². The van der Waals surface area contributed by atoms with Crippen molar-refractivity contribution >= 4 is 23.4 Å². The van der Waals surface area contributed by atoms with Crippen molar-refractivity contribution in [3.8, 4) is 0 Å². The normalized spacial score (nSPS) is 23.4. The molecule has 0 aliphatic carbocycles. The molecule has 1 unspecified atom stereocenters. The van der Waals surface area contributed by atoms with Crippen LogP contribution in [0.2, 0.25) is 5.15 Å². The fourth-order valence-electron chi connectivity index (χ4n) is 3.13. The van der Waals surface area contributed by atoms with E-state index in [1.807, 2.05) is 0 Å². The Balaban J connectivity index is 1.80. The Kier molecular flexibility index (Phi) is 3.81. The topological polar surface area (TPSA) is 56.7 Å². The molecule has 6 heteroatoms. The number of halogens is 1. The second-order valence-corrected chi connectivity index (χ2v) is 5.86. The maximum Gasteiger partial charge on any atom is 0.335 e. The van der Waals surface area contributed by atoms with Crippen molar-refractivity contribution in [2.24, 2.45) is 0 Å². The summed E-state index contributed by atoms with van der Waals surface area (Å²) in [5.41, 5.74) is 0.200. The number of carboxylic acid groups (broad SMARTS) is 1. The molecular formula is C14H18ClN3O2. The second kappa shape index (κ2) is 5.58. The van der Waals surface area contributed by atoms with Crippen molar-refractivity contribution in [3.05, 3.63) is 22.8 Å². The molecule has 20 heavy (non-hydrogen) atoms. The third kappa shape index (κ3) is 2.74. The summed E-state index contributed by atoms with van der Waals surface area (Å²) in [5.74, 6) is -0.285. The van der Waals surface area contributed by atoms with Crippen molar-refractivity contribution in [2.45, 2.75) is 25.3 Å². The van der Waals surface area contributed by atoms with Gasteiger partial charge in [-0.1, -0.05) is 18.0 Å². The average molecular weight is 296 g/mol. The molecule has 0 bridgehead atoms. The first kappa shape index (κ1) is 13.6. The number of piperazine rings is 1. The fraction of sp³-hybridized carbons (Fsp3) is 0.571. The first-order valence-electron chi connectivity index (χ1n) is 7.03. The molecule has 1 atom stereocenters. The van der Waals surface area contributed by atoms with E-state index in [1.54, 1.807) is 6.07 Å². The van der Waals surface area contributed by atoms with E-state index in [4.69, 9.17) is 16.7 Å². The molecule has 2 saturated heterocycles. The lowest BCUT2D eigenvalue weighted by Gasteiger charge is -2.44. The zero-order valence-electron chi connectivity index (χ0n) is 11.3. The van der Waals surface area contributed by atoms with E-state index in [1.165, 1.54) is 31.9 Å². The number of carbonyl (C=O) groups is 1. The van der Waals surface area contributed by atoms with Gasteiger partial charge in [0.15, 0.2) is 0 Å². The van der Waals surface area contributed by atoms with Crippen LogP contribution in [-0.2, 0) is 0 Å². The lowest BCUT2D eigenvalue weighted by molar-refractivity contribution is 0.0696. The second-order valence-electron chi connectivity index (χ2n) is 5.47. The van der Waals surface area contributed by atoms with Crippen molar-refractivity contribution in [2.75, 3.05) is 31.1 Å². The van der Waals surface area contributed by atoms with Gasteiger partial charge < -0.3 is 10.0 Å². The Morgan fingerprint density at radius 1 is 1.30 bits per heavy atom. The Morgan fingerprint density at radius 3 is 2.95 bits per heavy atom. The quantitative estimate of drug-likeness (QED) is 0.847. The van der Waals surface area contributed by atoms with Gasteiger partial charge >= 0.3 is 5.97 Å². The third-order valence-electron chi connectivity index (χ3n) is 4.19. The van der Waals surface area contributed by atoms with E-state index in [9.17, 15) is 4.79 Å². The predicted octanol–water partition coefficient (Wildman–Crippen LogP) is 2.11. The molecule has 3 heterocycles. The van der Waals surface area contributed by atoms with E-state index >= 15 is 0 Å². The van der Waals surface area contributed by atoms with Crippen LogP contribution < -0.4 is 4.90 Å². The molecule has 0 radical (unpaired) electrons. The smallest absolute Gasteiger partial charge is 0.335 e. The van der Waals surface area contributed by atoms with Gasteiger partial charge in [-0.25, -0.2) is 9.78 Å². The van der Waals surface area contributed by atoms with Gasteiger partial charge in [0.1, 0.15) is 11.0 Å². The summed E-state index contributed by atoms with van der Waals surface area (Å²) in [5, 5.41) is 9.35. The van der Waals surface area contributed by atoms with Gasteiger partial charge in [0.25, 0.3) is 0 Å². The molecule has 1 aromatic rings. The molecule has 1 N–H and O–H groups in total. The summed E-state index contributed by atoms with van der Waals surface area (Å²) in [4.78, 5) is 20.1. The molecule has 3 rings (SSSR count). The standard InChI is InChI=1S/C14H18ClN3O2/c15-12-7-10(14(19)20)8-13(16-12)18-6-5-17-4-2-1-3-11(17)9-18/h7-8,11H,1-6,9H2,(H,19,20). The molecule has 1 aromatic heterocycles. The maximum absolute atomic E-state index is 11.1. The fourth-order valence-corrected chi connectivity index (χ4v) is 3.34. The zero-order chi connectivity index (χ0) is 14.1. The predicted molar refractivity (Wildman–Crippen MR) is 77.6 cm³/mol. The lowest BCUT2D eigenvalue weighted by Crippen LogP contribution is -2.55. The summed E-state index contributed by atoms with van der Waals surface area (Å²) >= 11 is 5.94. The highest BCUT2D eigenvalue weighted by Crippen LogP contribution is 2.25. The number of hydrogen-bond donors (Lipinski definition) is 1. The zero-order valence-corrected chi connectivity index (χ0v) is 12.0. The monoisotopic (exact) mass is 295 g/mol. The molecule has 2 aliphatic heterocycles. The van der Waals surface area contributed by atoms with Crippen LogP contribution in [0.1, 0.15) is 29.6 Å². The number of aromatic nitrogens is 1. The minimum Gasteiger partial charge on any atom is -0.478 e. The van der Waals surface area contributed by atoms with Crippen LogP contribution in [-0.4, -0.2) is 53.2 Å². The van der Waals surface area contributed by atoms with Gasteiger partial charge in [-0.2, -0.15) is 0 Å². The highest BCUT2D eigenvalue weighted by molar-refractivity contribution is 6.29. The van der Waals surface area contributed by atoms with Crippen LogP contribution >= 0.6 is 11.6 Å². The Hall–Kier alpha value is -1.33. The highest BCUT2D eigenvalue weighted by Gasteiger charge is 2.29. The molecule has 0 saturated carbocycles. The Bertz CT molecular complexity index is 523. The van der Waals surface area contributed by atoms with Crippen molar-refractivity contribution in [3.63, 3.8) is 0 Å². The van der Waals surface area contributed by atoms with Gasteiger partial charge in [-0.15, -0.1) is 0 Å². The number of aromatic carboxylic acids is 1. The number of anilines is 1. The van der Waals surface area contributed by atoms with Crippen molar-refractivity contribution in [1.82, 2.24) is 9.88 Å². The van der Waals surface area contributed by atoms with Crippen LogP contribution in [0.5, 0.6) is 0 Å². The summed E-state index contributed by atoms with van der Waals surface area (Å²) < 4.78 is 0. The van der Waals surface area contributed by atoms with Crippen LogP contribution in [0.4, 0.5) is 5.82 Å². The van der Waals surface area contributed by atoms with E-state index < -0.39 is 5.97 Å². The molecule has 108 valence electrons. The summed E-state index contributed by atoms with van der Waals surface area (Å²) in [6.07, 6.45) is 3.77.